The molecule has 2 aliphatic rings. The number of rotatable bonds is 2. The maximum atomic E-state index is 12.0. The molecule has 1 fully saturated rings. The van der Waals surface area contributed by atoms with Gasteiger partial charge in [0.05, 0.1) is 9.83 Å². The highest BCUT2D eigenvalue weighted by atomic mass is 32.2. The van der Waals surface area contributed by atoms with Crippen molar-refractivity contribution < 1.29 is 14.8 Å². The van der Waals surface area contributed by atoms with Crippen molar-refractivity contribution in [3.05, 3.63) is 38.8 Å². The van der Waals surface area contributed by atoms with Gasteiger partial charge in [0.25, 0.3) is 11.6 Å². The lowest BCUT2D eigenvalue weighted by Crippen LogP contribution is -2.33. The van der Waals surface area contributed by atoms with Crippen LogP contribution < -0.4 is 0 Å². The van der Waals surface area contributed by atoms with Crippen LogP contribution in [0, 0.1) is 10.1 Å². The zero-order valence-electron chi connectivity index (χ0n) is 12.3. The summed E-state index contributed by atoms with van der Waals surface area (Å²) in [5, 5.41) is 21.3. The van der Waals surface area contributed by atoms with Crippen molar-refractivity contribution in [3.63, 3.8) is 0 Å². The predicted molar refractivity (Wildman–Crippen MR) is 88.2 cm³/mol. The van der Waals surface area contributed by atoms with E-state index in [0.717, 1.165) is 25.9 Å². The van der Waals surface area contributed by atoms with Crippen LogP contribution in [-0.4, -0.2) is 39.1 Å². The Morgan fingerprint density at radius 3 is 2.74 bits per heavy atom. The van der Waals surface area contributed by atoms with Gasteiger partial charge in [-0.3, -0.25) is 14.9 Å². The molecule has 3 rings (SSSR count). The number of likely N-dealkylation sites (tertiary alicyclic amines) is 1. The molecule has 1 aromatic rings. The third kappa shape index (κ3) is 3.37. The quantitative estimate of drug-likeness (QED) is 0.508. The van der Waals surface area contributed by atoms with Crippen LogP contribution in [0.5, 0.6) is 5.75 Å². The highest BCUT2D eigenvalue weighted by Crippen LogP contribution is 2.34. The number of benzene rings is 1. The minimum Gasteiger partial charge on any atom is -0.507 e. The van der Waals surface area contributed by atoms with Crippen LogP contribution in [0.2, 0.25) is 0 Å². The topological polar surface area (TPSA) is 96.0 Å². The average Bonchev–Trinajstić information content (AvgIpc) is 2.91. The number of hydrogen-bond donors (Lipinski definition) is 1. The summed E-state index contributed by atoms with van der Waals surface area (Å²) in [7, 11) is 0. The Labute approximate surface area is 136 Å². The number of non-ortho nitro benzene ring substituents is 1. The molecule has 7 nitrogen and oxygen atoms in total. The van der Waals surface area contributed by atoms with Crippen molar-refractivity contribution in [2.75, 3.05) is 13.1 Å². The molecule has 0 saturated carbocycles. The van der Waals surface area contributed by atoms with Gasteiger partial charge in [0, 0.05) is 30.8 Å². The Morgan fingerprint density at radius 1 is 1.30 bits per heavy atom. The number of nitro groups is 1. The molecule has 0 radical (unpaired) electrons. The SMILES string of the molecule is O=C1N=C(N2CCCCC2)S/C1=C/c1cc([N+](=O)[O-])ccc1O. The van der Waals surface area contributed by atoms with Crippen molar-refractivity contribution in [3.8, 4) is 5.75 Å². The Balaban J connectivity index is 1.83. The van der Waals surface area contributed by atoms with Crippen LogP contribution in [0.1, 0.15) is 24.8 Å². The first-order chi connectivity index (χ1) is 11.0. The molecule has 23 heavy (non-hydrogen) atoms. The molecule has 1 aromatic carbocycles. The van der Waals surface area contributed by atoms with Gasteiger partial charge in [0.2, 0.25) is 0 Å². The molecule has 0 bridgehead atoms. The van der Waals surface area contributed by atoms with E-state index in [1.165, 1.54) is 42.5 Å². The van der Waals surface area contributed by atoms with Crippen LogP contribution in [-0.2, 0) is 4.79 Å². The van der Waals surface area contributed by atoms with E-state index in [4.69, 9.17) is 0 Å². The molecule has 2 heterocycles. The summed E-state index contributed by atoms with van der Waals surface area (Å²) in [5.41, 5.74) is 0.104. The van der Waals surface area contributed by atoms with Crippen molar-refractivity contribution in [2.45, 2.75) is 19.3 Å². The first-order valence-electron chi connectivity index (χ1n) is 7.29. The van der Waals surface area contributed by atoms with Gasteiger partial charge >= 0.3 is 0 Å². The summed E-state index contributed by atoms with van der Waals surface area (Å²) in [6.45, 7) is 1.77. The molecule has 2 aliphatic heterocycles. The number of carbonyl (C=O) groups is 1. The Hall–Kier alpha value is -2.35. The van der Waals surface area contributed by atoms with Crippen molar-refractivity contribution in [1.82, 2.24) is 4.90 Å². The van der Waals surface area contributed by atoms with Crippen LogP contribution in [0.4, 0.5) is 5.69 Å². The van der Waals surface area contributed by atoms with E-state index < -0.39 is 4.92 Å². The number of aromatic hydroxyl groups is 1. The molecule has 8 heteroatoms. The minimum atomic E-state index is -0.541. The van der Waals surface area contributed by atoms with Gasteiger partial charge in [-0.05, 0) is 43.2 Å². The second-order valence-electron chi connectivity index (χ2n) is 5.36. The molecule has 1 amide bonds. The number of thioether (sulfide) groups is 1. The zero-order valence-corrected chi connectivity index (χ0v) is 13.1. The smallest absolute Gasteiger partial charge is 0.286 e. The summed E-state index contributed by atoms with van der Waals surface area (Å²) in [6.07, 6.45) is 4.80. The minimum absolute atomic E-state index is 0.108. The maximum Gasteiger partial charge on any atom is 0.286 e. The maximum absolute atomic E-state index is 12.0. The Kier molecular flexibility index (Phi) is 4.33. The molecule has 0 spiro atoms. The molecular weight excluding hydrogens is 318 g/mol. The fourth-order valence-electron chi connectivity index (χ4n) is 2.53. The Morgan fingerprint density at radius 2 is 2.04 bits per heavy atom. The molecule has 1 N–H and O–H groups in total. The van der Waals surface area contributed by atoms with Crippen LogP contribution in [0.3, 0.4) is 0 Å². The van der Waals surface area contributed by atoms with Gasteiger partial charge in [-0.25, -0.2) is 0 Å². The molecule has 120 valence electrons. The van der Waals surface area contributed by atoms with Crippen molar-refractivity contribution in [2.24, 2.45) is 4.99 Å². The standard InChI is InChI=1S/C15H15N3O4S/c19-12-5-4-11(18(21)22)8-10(12)9-13-14(20)16-15(23-13)17-6-2-1-3-7-17/h4-5,8-9,19H,1-3,6-7H2/b13-9+. The number of amides is 1. The van der Waals surface area contributed by atoms with E-state index in [2.05, 4.69) is 9.89 Å². The van der Waals surface area contributed by atoms with Gasteiger partial charge in [0.1, 0.15) is 5.75 Å². The first kappa shape index (κ1) is 15.5. The summed E-state index contributed by atoms with van der Waals surface area (Å²) in [6, 6.07) is 3.71. The van der Waals surface area contributed by atoms with E-state index in [9.17, 15) is 20.0 Å². The van der Waals surface area contributed by atoms with E-state index in [1.807, 2.05) is 0 Å². The number of phenols is 1. The molecule has 0 aliphatic carbocycles. The lowest BCUT2D eigenvalue weighted by atomic mass is 10.1. The summed E-state index contributed by atoms with van der Waals surface area (Å²) in [5.74, 6) is -0.482. The van der Waals surface area contributed by atoms with Gasteiger partial charge in [-0.1, -0.05) is 0 Å². The van der Waals surface area contributed by atoms with E-state index in [1.54, 1.807) is 0 Å². The van der Waals surface area contributed by atoms with E-state index in [-0.39, 0.29) is 22.9 Å². The number of nitro benzene ring substituents is 1. The van der Waals surface area contributed by atoms with E-state index in [0.29, 0.717) is 10.1 Å². The normalized spacial score (nSPS) is 20.0. The number of aliphatic imine (C=N–C) groups is 1. The van der Waals surface area contributed by atoms with Gasteiger partial charge in [-0.15, -0.1) is 0 Å². The largest absolute Gasteiger partial charge is 0.507 e. The van der Waals surface area contributed by atoms with Crippen LogP contribution in [0.15, 0.2) is 28.1 Å². The third-order valence-electron chi connectivity index (χ3n) is 3.74. The van der Waals surface area contributed by atoms with Gasteiger partial charge < -0.3 is 10.0 Å². The van der Waals surface area contributed by atoms with Gasteiger partial charge in [0.15, 0.2) is 5.17 Å². The molecule has 1 saturated heterocycles. The van der Waals surface area contributed by atoms with Crippen LogP contribution >= 0.6 is 11.8 Å². The van der Waals surface area contributed by atoms with Crippen molar-refractivity contribution in [1.29, 1.82) is 0 Å². The highest BCUT2D eigenvalue weighted by Gasteiger charge is 2.27. The lowest BCUT2D eigenvalue weighted by Gasteiger charge is -2.27. The predicted octanol–water partition coefficient (Wildman–Crippen LogP) is 2.76. The fraction of sp³-hybridized carbons (Fsp3) is 0.333. The average molecular weight is 333 g/mol. The molecule has 0 unspecified atom stereocenters. The van der Waals surface area contributed by atoms with Crippen molar-refractivity contribution >= 4 is 34.6 Å². The molecular formula is C15H15N3O4S. The number of piperidine rings is 1. The summed E-state index contributed by atoms with van der Waals surface area (Å²) >= 11 is 1.25. The molecule has 0 aromatic heterocycles. The fourth-order valence-corrected chi connectivity index (χ4v) is 3.49. The molecule has 0 atom stereocenters. The highest BCUT2D eigenvalue weighted by molar-refractivity contribution is 8.18. The number of phenolic OH excluding ortho intramolecular Hbond substituents is 1. The third-order valence-corrected chi connectivity index (χ3v) is 4.79. The lowest BCUT2D eigenvalue weighted by molar-refractivity contribution is -0.384. The zero-order chi connectivity index (χ0) is 16.4. The van der Waals surface area contributed by atoms with E-state index >= 15 is 0 Å². The second kappa shape index (κ2) is 6.41. The first-order valence-corrected chi connectivity index (χ1v) is 8.11. The summed E-state index contributed by atoms with van der Waals surface area (Å²) < 4.78 is 0. The Bertz CT molecular complexity index is 723. The second-order valence-corrected chi connectivity index (χ2v) is 6.37. The number of carbonyl (C=O) groups excluding carboxylic acids is 1. The summed E-state index contributed by atoms with van der Waals surface area (Å²) in [4.78, 5) is 28.8. The number of nitrogens with zero attached hydrogens (tertiary/aromatic N) is 3. The van der Waals surface area contributed by atoms with Gasteiger partial charge in [-0.2, -0.15) is 4.99 Å². The van der Waals surface area contributed by atoms with Crippen LogP contribution in [0.25, 0.3) is 6.08 Å². The number of hydrogen-bond acceptors (Lipinski definition) is 6. The monoisotopic (exact) mass is 333 g/mol. The number of amidine groups is 1.